The summed E-state index contributed by atoms with van der Waals surface area (Å²) in [5.74, 6) is 0.149. The molecular weight excluding hydrogens is 248 g/mol. The number of piperidine rings is 1. The molecule has 1 heterocycles. The molecule has 1 rings (SSSR count). The van der Waals surface area contributed by atoms with E-state index < -0.39 is 0 Å². The zero-order chi connectivity index (χ0) is 14.3. The van der Waals surface area contributed by atoms with Gasteiger partial charge < -0.3 is 9.64 Å². The molecule has 19 heavy (non-hydrogen) atoms. The Hall–Kier alpha value is -1.30. The summed E-state index contributed by atoms with van der Waals surface area (Å²) in [6.07, 6.45) is 1.02. The van der Waals surface area contributed by atoms with Crippen molar-refractivity contribution in [2.45, 2.75) is 33.6 Å². The first-order chi connectivity index (χ1) is 9.04. The third-order valence-corrected chi connectivity index (χ3v) is 2.98. The molecule has 6 nitrogen and oxygen atoms in total. The highest BCUT2D eigenvalue weighted by atomic mass is 16.6. The van der Waals surface area contributed by atoms with Gasteiger partial charge in [0.05, 0.1) is 13.2 Å². The lowest BCUT2D eigenvalue weighted by molar-refractivity contribution is -0.138. The van der Waals surface area contributed by atoms with Crippen LogP contribution in [0.15, 0.2) is 0 Å². The van der Waals surface area contributed by atoms with Crippen molar-refractivity contribution >= 4 is 12.0 Å². The van der Waals surface area contributed by atoms with Crippen molar-refractivity contribution in [3.8, 4) is 0 Å². The van der Waals surface area contributed by atoms with Crippen LogP contribution < -0.4 is 5.48 Å². The van der Waals surface area contributed by atoms with E-state index in [9.17, 15) is 9.59 Å². The van der Waals surface area contributed by atoms with Gasteiger partial charge in [0.15, 0.2) is 0 Å². The first-order valence-corrected chi connectivity index (χ1v) is 6.88. The Labute approximate surface area is 114 Å². The molecule has 0 aromatic rings. The van der Waals surface area contributed by atoms with E-state index in [1.807, 2.05) is 20.8 Å². The third-order valence-electron chi connectivity index (χ3n) is 2.98. The van der Waals surface area contributed by atoms with Crippen molar-refractivity contribution in [3.63, 3.8) is 0 Å². The minimum atomic E-state index is -0.280. The number of carbonyl (C=O) groups excluding carboxylic acids is 2. The number of hydrogen-bond acceptors (Lipinski definition) is 4. The highest BCUT2D eigenvalue weighted by molar-refractivity contribution is 5.78. The number of nitrogens with zero attached hydrogens (tertiary/aromatic N) is 1. The van der Waals surface area contributed by atoms with Crippen molar-refractivity contribution in [1.82, 2.24) is 10.4 Å². The van der Waals surface area contributed by atoms with Gasteiger partial charge in [0, 0.05) is 19.0 Å². The highest BCUT2D eigenvalue weighted by Gasteiger charge is 2.28. The normalized spacial score (nSPS) is 16.5. The van der Waals surface area contributed by atoms with Crippen LogP contribution in [0.2, 0.25) is 0 Å². The van der Waals surface area contributed by atoms with E-state index in [2.05, 4.69) is 5.48 Å². The highest BCUT2D eigenvalue weighted by Crippen LogP contribution is 2.18. The maximum absolute atomic E-state index is 11.7. The van der Waals surface area contributed by atoms with E-state index >= 15 is 0 Å². The lowest BCUT2D eigenvalue weighted by atomic mass is 9.96. The smallest absolute Gasteiger partial charge is 0.409 e. The van der Waals surface area contributed by atoms with Crippen LogP contribution >= 0.6 is 0 Å². The molecule has 0 unspecified atom stereocenters. The molecule has 0 spiro atoms. The van der Waals surface area contributed by atoms with E-state index in [-0.39, 0.29) is 17.9 Å². The molecule has 1 saturated heterocycles. The van der Waals surface area contributed by atoms with Crippen LogP contribution in [0.4, 0.5) is 4.79 Å². The van der Waals surface area contributed by atoms with Gasteiger partial charge in [-0.25, -0.2) is 10.3 Å². The molecule has 0 aromatic carbocycles. The first kappa shape index (κ1) is 15.8. The van der Waals surface area contributed by atoms with Crippen LogP contribution in [0, 0.1) is 11.8 Å². The molecule has 6 heteroatoms. The zero-order valence-electron chi connectivity index (χ0n) is 12.0. The monoisotopic (exact) mass is 272 g/mol. The van der Waals surface area contributed by atoms with E-state index in [1.165, 1.54) is 0 Å². The Bertz CT molecular complexity index is 299. The largest absolute Gasteiger partial charge is 0.449 e. The van der Waals surface area contributed by atoms with Crippen molar-refractivity contribution in [1.29, 1.82) is 0 Å². The lowest BCUT2D eigenvalue weighted by Gasteiger charge is -2.30. The first-order valence-electron chi connectivity index (χ1n) is 6.88. The predicted molar refractivity (Wildman–Crippen MR) is 70.3 cm³/mol. The fourth-order valence-electron chi connectivity index (χ4n) is 1.88. The second-order valence-corrected chi connectivity index (χ2v) is 5.13. The van der Waals surface area contributed by atoms with Gasteiger partial charge in [-0.3, -0.25) is 9.63 Å². The van der Waals surface area contributed by atoms with Crippen LogP contribution in [-0.2, 0) is 14.4 Å². The zero-order valence-corrected chi connectivity index (χ0v) is 12.0. The van der Waals surface area contributed by atoms with Gasteiger partial charge in [0.25, 0.3) is 0 Å². The average Bonchev–Trinajstić information content (AvgIpc) is 2.42. The summed E-state index contributed by atoms with van der Waals surface area (Å²) in [5.41, 5.74) is 2.41. The molecule has 0 aliphatic carbocycles. The molecule has 0 bridgehead atoms. The van der Waals surface area contributed by atoms with Gasteiger partial charge in [-0.2, -0.15) is 0 Å². The molecule has 2 amide bonds. The third kappa shape index (κ3) is 5.46. The molecular formula is C13H24N2O4. The summed E-state index contributed by atoms with van der Waals surface area (Å²) >= 11 is 0. The van der Waals surface area contributed by atoms with Crippen molar-refractivity contribution < 1.29 is 19.2 Å². The molecule has 1 fully saturated rings. The molecule has 110 valence electrons. The van der Waals surface area contributed by atoms with Crippen LogP contribution in [-0.4, -0.2) is 43.2 Å². The van der Waals surface area contributed by atoms with E-state index in [0.717, 1.165) is 0 Å². The molecule has 1 aliphatic rings. The predicted octanol–water partition coefficient (Wildman–Crippen LogP) is 1.56. The van der Waals surface area contributed by atoms with Crippen molar-refractivity contribution in [2.75, 3.05) is 26.3 Å². The standard InChI is InChI=1S/C13H24N2O4/c1-4-19-14-12(16)11-5-7-15(8-6-11)13(17)18-9-10(2)3/h10-11H,4-9H2,1-3H3,(H,14,16). The molecule has 1 N–H and O–H groups in total. The lowest BCUT2D eigenvalue weighted by Crippen LogP contribution is -2.43. The summed E-state index contributed by atoms with van der Waals surface area (Å²) in [6, 6.07) is 0. The number of likely N-dealkylation sites (tertiary alicyclic amines) is 1. The van der Waals surface area contributed by atoms with Gasteiger partial charge in [0.2, 0.25) is 5.91 Å². The number of rotatable bonds is 5. The van der Waals surface area contributed by atoms with Gasteiger partial charge >= 0.3 is 6.09 Å². The Morgan fingerprint density at radius 1 is 1.32 bits per heavy atom. The summed E-state index contributed by atoms with van der Waals surface area (Å²) in [5, 5.41) is 0. The number of carbonyl (C=O) groups is 2. The number of nitrogens with one attached hydrogen (secondary N) is 1. The number of hydroxylamine groups is 1. The van der Waals surface area contributed by atoms with Crippen LogP contribution in [0.5, 0.6) is 0 Å². The fraction of sp³-hybridized carbons (Fsp3) is 0.846. The van der Waals surface area contributed by atoms with Crippen molar-refractivity contribution in [3.05, 3.63) is 0 Å². The maximum Gasteiger partial charge on any atom is 0.409 e. The minimum absolute atomic E-state index is 0.0827. The van der Waals surface area contributed by atoms with Gasteiger partial charge in [-0.05, 0) is 25.7 Å². The topological polar surface area (TPSA) is 67.9 Å². The number of hydrogen-bond donors (Lipinski definition) is 1. The SMILES string of the molecule is CCONC(=O)C1CCN(C(=O)OCC(C)C)CC1. The van der Waals surface area contributed by atoms with E-state index in [4.69, 9.17) is 9.57 Å². The molecule has 1 aliphatic heterocycles. The number of amides is 2. The second-order valence-electron chi connectivity index (χ2n) is 5.13. The molecule has 0 saturated carbocycles. The van der Waals surface area contributed by atoms with Crippen LogP contribution in [0.25, 0.3) is 0 Å². The fourth-order valence-corrected chi connectivity index (χ4v) is 1.88. The summed E-state index contributed by atoms with van der Waals surface area (Å²) in [6.45, 7) is 7.81. The Kier molecular flexibility index (Phi) is 6.62. The summed E-state index contributed by atoms with van der Waals surface area (Å²) < 4.78 is 5.17. The molecule has 0 atom stereocenters. The second kappa shape index (κ2) is 7.99. The molecule has 0 radical (unpaired) electrons. The summed E-state index contributed by atoms with van der Waals surface area (Å²) in [4.78, 5) is 29.9. The maximum atomic E-state index is 11.7. The van der Waals surface area contributed by atoms with E-state index in [1.54, 1.807) is 4.90 Å². The average molecular weight is 272 g/mol. The number of ether oxygens (including phenoxy) is 1. The summed E-state index contributed by atoms with van der Waals surface area (Å²) in [7, 11) is 0. The quantitative estimate of drug-likeness (QED) is 0.771. The van der Waals surface area contributed by atoms with Crippen molar-refractivity contribution in [2.24, 2.45) is 11.8 Å². The van der Waals surface area contributed by atoms with E-state index in [0.29, 0.717) is 45.1 Å². The van der Waals surface area contributed by atoms with Gasteiger partial charge in [0.1, 0.15) is 0 Å². The van der Waals surface area contributed by atoms with Crippen LogP contribution in [0.3, 0.4) is 0 Å². The Morgan fingerprint density at radius 2 is 1.95 bits per heavy atom. The van der Waals surface area contributed by atoms with Crippen LogP contribution in [0.1, 0.15) is 33.6 Å². The Morgan fingerprint density at radius 3 is 2.47 bits per heavy atom. The minimum Gasteiger partial charge on any atom is -0.449 e. The van der Waals surface area contributed by atoms with Gasteiger partial charge in [-0.15, -0.1) is 0 Å². The Balaban J connectivity index is 2.28. The molecule has 0 aromatic heterocycles. The van der Waals surface area contributed by atoms with Gasteiger partial charge in [-0.1, -0.05) is 13.8 Å².